The SMILES string of the molecule is CO[C@@H]1[C@@H](O)[C@H](C)O[C@@H](O[C@H]2CC[C@@]3(C)[C@@H](C2)C[C@@H]2O[C@]24[C@@H]3CC[C@]2(C)[C@@H](C3=CC(=O)OC3)CC[C@]42O)[C@@H]1O. The average molecular weight is 549 g/mol. The van der Waals surface area contributed by atoms with E-state index in [1.165, 1.54) is 7.11 Å². The van der Waals surface area contributed by atoms with Gasteiger partial charge in [0.2, 0.25) is 0 Å². The van der Waals surface area contributed by atoms with Gasteiger partial charge in [-0.25, -0.2) is 4.79 Å². The largest absolute Gasteiger partial charge is 0.458 e. The monoisotopic (exact) mass is 548 g/mol. The summed E-state index contributed by atoms with van der Waals surface area (Å²) < 4.78 is 29.5. The summed E-state index contributed by atoms with van der Waals surface area (Å²) in [5.41, 5.74) is -0.712. The number of carbonyl (C=O) groups is 1. The van der Waals surface area contributed by atoms with E-state index in [1.54, 1.807) is 13.0 Å². The Hall–Kier alpha value is -1.07. The van der Waals surface area contributed by atoms with Gasteiger partial charge in [0.15, 0.2) is 6.29 Å². The number of aliphatic hydroxyl groups excluding tert-OH is 2. The molecule has 9 nitrogen and oxygen atoms in total. The molecule has 0 unspecified atom stereocenters. The van der Waals surface area contributed by atoms with Gasteiger partial charge in [-0.3, -0.25) is 0 Å². The zero-order chi connectivity index (χ0) is 27.5. The quantitative estimate of drug-likeness (QED) is 0.275. The van der Waals surface area contributed by atoms with Crippen LogP contribution in [0.3, 0.4) is 0 Å². The predicted octanol–water partition coefficient (Wildman–Crippen LogP) is 2.24. The van der Waals surface area contributed by atoms with Gasteiger partial charge in [-0.2, -0.15) is 0 Å². The fourth-order valence-electron chi connectivity index (χ4n) is 10.5. The number of aliphatic hydroxyl groups is 3. The van der Waals surface area contributed by atoms with E-state index in [0.717, 1.165) is 50.5 Å². The van der Waals surface area contributed by atoms with Crippen molar-refractivity contribution >= 4 is 5.97 Å². The van der Waals surface area contributed by atoms with Crippen LogP contribution in [0.5, 0.6) is 0 Å². The Morgan fingerprint density at radius 3 is 2.56 bits per heavy atom. The van der Waals surface area contributed by atoms with Gasteiger partial charge in [-0.15, -0.1) is 0 Å². The van der Waals surface area contributed by atoms with Gasteiger partial charge in [0, 0.05) is 18.6 Å². The van der Waals surface area contributed by atoms with Crippen LogP contribution in [-0.4, -0.2) is 89.1 Å². The molecule has 4 saturated carbocycles. The van der Waals surface area contributed by atoms with Gasteiger partial charge in [0.25, 0.3) is 0 Å². The Balaban J connectivity index is 1.09. The Bertz CT molecular complexity index is 1060. The Morgan fingerprint density at radius 2 is 1.85 bits per heavy atom. The van der Waals surface area contributed by atoms with Crippen LogP contribution >= 0.6 is 0 Å². The third kappa shape index (κ3) is 3.41. The van der Waals surface area contributed by atoms with Crippen LogP contribution in [0.2, 0.25) is 0 Å². The number of hydrogen-bond donors (Lipinski definition) is 3. The second-order valence-corrected chi connectivity index (χ2v) is 14.0. The lowest BCUT2D eigenvalue weighted by molar-refractivity contribution is -0.312. The molecule has 0 amide bonds. The van der Waals surface area contributed by atoms with Crippen LogP contribution < -0.4 is 0 Å². The number of fused-ring (bicyclic) bond motifs is 3. The molecule has 0 radical (unpaired) electrons. The predicted molar refractivity (Wildman–Crippen MR) is 137 cm³/mol. The third-order valence-corrected chi connectivity index (χ3v) is 12.7. The lowest BCUT2D eigenvalue weighted by atomic mass is 9.43. The zero-order valence-corrected chi connectivity index (χ0v) is 23.5. The molecule has 14 atom stereocenters. The topological polar surface area (TPSA) is 127 Å². The molecule has 1 spiro atoms. The first-order chi connectivity index (χ1) is 18.5. The first kappa shape index (κ1) is 26.8. The van der Waals surface area contributed by atoms with Crippen LogP contribution in [0.25, 0.3) is 0 Å². The Labute approximate surface area is 230 Å². The molecule has 0 bridgehead atoms. The van der Waals surface area contributed by atoms with Crippen LogP contribution in [-0.2, 0) is 28.5 Å². The number of ether oxygens (including phenoxy) is 5. The molecule has 0 aromatic carbocycles. The first-order valence-electron chi connectivity index (χ1n) is 15.0. The summed E-state index contributed by atoms with van der Waals surface area (Å²) in [6.45, 7) is 6.73. The van der Waals surface area contributed by atoms with E-state index in [9.17, 15) is 20.1 Å². The van der Waals surface area contributed by atoms with E-state index in [0.29, 0.717) is 18.9 Å². The van der Waals surface area contributed by atoms with Gasteiger partial charge in [0.05, 0.1) is 18.3 Å². The van der Waals surface area contributed by atoms with E-state index < -0.39 is 41.9 Å². The number of methoxy groups -OCH3 is 1. The highest BCUT2D eigenvalue weighted by Gasteiger charge is 2.84. The first-order valence-corrected chi connectivity index (χ1v) is 15.0. The number of rotatable bonds is 4. The van der Waals surface area contributed by atoms with Crippen molar-refractivity contribution in [3.8, 4) is 0 Å². The molecule has 39 heavy (non-hydrogen) atoms. The lowest BCUT2D eigenvalue weighted by Crippen LogP contribution is -2.68. The molecule has 3 aliphatic heterocycles. The Kier molecular flexibility index (Phi) is 6.00. The summed E-state index contributed by atoms with van der Waals surface area (Å²) in [7, 11) is 1.48. The van der Waals surface area contributed by atoms with Crippen molar-refractivity contribution in [1.29, 1.82) is 0 Å². The number of esters is 1. The number of epoxide rings is 1. The number of hydrogen-bond acceptors (Lipinski definition) is 9. The standard InChI is InChI=1S/C30H44O9/c1-15-23(32)25(35-4)24(33)26(37-15)38-18-5-8-27(2)17(12-18)13-21-30(39-21)20(27)7-9-28(3)19(6-10-29(28,30)34)16-11-22(31)36-14-16/h11,15,17-21,23-26,32-34H,5-10,12-14H2,1-4H3/t15-,17-,18-,19+,20+,21-,23-,24+,25+,26-,27-,28+,29+,30+/m0/s1. The molecule has 7 aliphatic rings. The summed E-state index contributed by atoms with van der Waals surface area (Å²) in [5, 5.41) is 33.7. The highest BCUT2D eigenvalue weighted by Crippen LogP contribution is 2.77. The van der Waals surface area contributed by atoms with Crippen LogP contribution in [0, 0.1) is 28.6 Å². The minimum atomic E-state index is -1.06. The van der Waals surface area contributed by atoms with Gasteiger partial charge in [0.1, 0.15) is 36.1 Å². The molecular weight excluding hydrogens is 504 g/mol. The van der Waals surface area contributed by atoms with Crippen LogP contribution in [0.4, 0.5) is 0 Å². The number of cyclic esters (lactones) is 1. The van der Waals surface area contributed by atoms with E-state index in [4.69, 9.17) is 23.7 Å². The highest BCUT2D eigenvalue weighted by atomic mass is 16.7. The van der Waals surface area contributed by atoms with Crippen molar-refractivity contribution in [1.82, 2.24) is 0 Å². The lowest BCUT2D eigenvalue weighted by Gasteiger charge is -2.62. The minimum Gasteiger partial charge on any atom is -0.458 e. The van der Waals surface area contributed by atoms with Gasteiger partial charge in [-0.05, 0) is 87.0 Å². The summed E-state index contributed by atoms with van der Waals surface area (Å²) in [5.74, 6) is 0.532. The van der Waals surface area contributed by atoms with Crippen molar-refractivity contribution < 1.29 is 43.8 Å². The molecule has 9 heteroatoms. The molecule has 7 rings (SSSR count). The maximum atomic E-state index is 12.6. The van der Waals surface area contributed by atoms with Crippen LogP contribution in [0.15, 0.2) is 11.6 Å². The van der Waals surface area contributed by atoms with Crippen molar-refractivity contribution in [2.24, 2.45) is 28.6 Å². The molecule has 0 aromatic heterocycles. The Morgan fingerprint density at radius 1 is 1.05 bits per heavy atom. The second-order valence-electron chi connectivity index (χ2n) is 14.0. The average Bonchev–Trinajstić information content (AvgIpc) is 3.34. The molecule has 3 heterocycles. The van der Waals surface area contributed by atoms with Crippen molar-refractivity contribution in [3.05, 3.63) is 11.6 Å². The van der Waals surface area contributed by atoms with Gasteiger partial charge < -0.3 is 39.0 Å². The maximum absolute atomic E-state index is 12.6. The maximum Gasteiger partial charge on any atom is 0.331 e. The molecule has 0 aromatic rings. The summed E-state index contributed by atoms with van der Waals surface area (Å²) in [6, 6.07) is 0. The summed E-state index contributed by atoms with van der Waals surface area (Å²) >= 11 is 0. The second kappa shape index (κ2) is 8.72. The van der Waals surface area contributed by atoms with Crippen LogP contribution in [0.1, 0.15) is 72.1 Å². The number of carbonyl (C=O) groups excluding carboxylic acids is 1. The molecule has 6 fully saturated rings. The smallest absolute Gasteiger partial charge is 0.331 e. The molecule has 2 saturated heterocycles. The summed E-state index contributed by atoms with van der Waals surface area (Å²) in [6.07, 6.45) is 4.59. The van der Waals surface area contributed by atoms with Crippen molar-refractivity contribution in [2.75, 3.05) is 13.7 Å². The zero-order valence-electron chi connectivity index (χ0n) is 23.5. The third-order valence-electron chi connectivity index (χ3n) is 12.7. The van der Waals surface area contributed by atoms with Gasteiger partial charge in [-0.1, -0.05) is 13.8 Å². The molecular formula is C30H44O9. The van der Waals surface area contributed by atoms with Crippen molar-refractivity contribution in [2.45, 2.75) is 126 Å². The van der Waals surface area contributed by atoms with E-state index in [1.807, 2.05) is 0 Å². The molecule has 3 N–H and O–H groups in total. The normalized spacial score (nSPS) is 58.0. The van der Waals surface area contributed by atoms with E-state index >= 15 is 0 Å². The highest BCUT2D eigenvalue weighted by molar-refractivity contribution is 5.85. The van der Waals surface area contributed by atoms with Crippen molar-refractivity contribution in [3.63, 3.8) is 0 Å². The van der Waals surface area contributed by atoms with E-state index in [2.05, 4.69) is 13.8 Å². The molecule has 4 aliphatic carbocycles. The molecule has 218 valence electrons. The van der Waals surface area contributed by atoms with Gasteiger partial charge >= 0.3 is 5.97 Å². The fourth-order valence-corrected chi connectivity index (χ4v) is 10.5. The summed E-state index contributed by atoms with van der Waals surface area (Å²) in [4.78, 5) is 11.9. The minimum absolute atomic E-state index is 0.0261. The van der Waals surface area contributed by atoms with E-state index in [-0.39, 0.29) is 40.8 Å². The fraction of sp³-hybridized carbons (Fsp3) is 0.900.